The number of guanidine groups is 1. The van der Waals surface area contributed by atoms with Crippen LogP contribution in [-0.2, 0) is 11.3 Å². The molecule has 0 saturated carbocycles. The molecule has 0 aromatic heterocycles. The third kappa shape index (κ3) is 9.37. The molecular weight excluding hydrogens is 461 g/mol. The van der Waals surface area contributed by atoms with Gasteiger partial charge in [0.05, 0.1) is 40.0 Å². The van der Waals surface area contributed by atoms with E-state index in [0.29, 0.717) is 48.8 Å². The van der Waals surface area contributed by atoms with E-state index >= 15 is 0 Å². The first kappa shape index (κ1) is 25.6. The second-order valence-corrected chi connectivity index (χ2v) is 6.16. The van der Waals surface area contributed by atoms with Crippen molar-refractivity contribution in [1.29, 1.82) is 0 Å². The Kier molecular flexibility index (Phi) is 13.8. The molecule has 0 aliphatic rings. The maximum atomic E-state index is 5.60. The highest BCUT2D eigenvalue weighted by Crippen LogP contribution is 2.33. The Bertz CT molecular complexity index is 543. The van der Waals surface area contributed by atoms with Gasteiger partial charge in [-0.25, -0.2) is 0 Å². The van der Waals surface area contributed by atoms with Crippen LogP contribution in [0, 0.1) is 5.92 Å². The number of hydrogen-bond acceptors (Lipinski definition) is 5. The van der Waals surface area contributed by atoms with E-state index in [4.69, 9.17) is 18.9 Å². The van der Waals surface area contributed by atoms with Crippen molar-refractivity contribution >= 4 is 29.9 Å². The molecule has 1 aromatic rings. The minimum absolute atomic E-state index is 0. The van der Waals surface area contributed by atoms with E-state index in [1.54, 1.807) is 28.4 Å². The molecular formula is C19H34IN3O4. The molecule has 0 atom stereocenters. The van der Waals surface area contributed by atoms with Crippen molar-refractivity contribution in [2.24, 2.45) is 10.9 Å². The van der Waals surface area contributed by atoms with E-state index in [0.717, 1.165) is 18.6 Å². The Balaban J connectivity index is 0.00000676. The Morgan fingerprint density at radius 3 is 2.11 bits per heavy atom. The summed E-state index contributed by atoms with van der Waals surface area (Å²) >= 11 is 0. The topological polar surface area (TPSA) is 73.3 Å². The Hall–Kier alpha value is -1.42. The lowest BCUT2D eigenvalue weighted by molar-refractivity contribution is 0.128. The predicted octanol–water partition coefficient (Wildman–Crippen LogP) is 3.06. The first-order valence-electron chi connectivity index (χ1n) is 8.86. The smallest absolute Gasteiger partial charge is 0.191 e. The van der Waals surface area contributed by atoms with Gasteiger partial charge in [0.15, 0.2) is 5.96 Å². The van der Waals surface area contributed by atoms with Crippen molar-refractivity contribution in [3.05, 3.63) is 17.7 Å². The number of methoxy groups -OCH3 is 3. The molecule has 156 valence electrons. The number of ether oxygens (including phenoxy) is 4. The summed E-state index contributed by atoms with van der Waals surface area (Å²) in [5, 5.41) is 6.50. The molecule has 0 unspecified atom stereocenters. The van der Waals surface area contributed by atoms with Crippen LogP contribution in [0.4, 0.5) is 0 Å². The molecule has 0 bridgehead atoms. The largest absolute Gasteiger partial charge is 0.496 e. The summed E-state index contributed by atoms with van der Waals surface area (Å²) in [6.07, 6.45) is 1.07. The Labute approximate surface area is 180 Å². The zero-order valence-electron chi connectivity index (χ0n) is 17.3. The lowest BCUT2D eigenvalue weighted by Gasteiger charge is -2.17. The summed E-state index contributed by atoms with van der Waals surface area (Å²) in [4.78, 5) is 4.23. The van der Waals surface area contributed by atoms with E-state index < -0.39 is 0 Å². The van der Waals surface area contributed by atoms with Crippen LogP contribution in [-0.4, -0.2) is 54.1 Å². The number of nitrogens with zero attached hydrogens (tertiary/aromatic N) is 1. The van der Waals surface area contributed by atoms with Crippen LogP contribution in [0.25, 0.3) is 0 Å². The zero-order valence-corrected chi connectivity index (χ0v) is 19.6. The average Bonchev–Trinajstić information content (AvgIpc) is 2.65. The SMILES string of the molecule is CN=C(NCCOCCC(C)C)NCc1c(OC)cc(OC)cc1OC.I. The first-order valence-corrected chi connectivity index (χ1v) is 8.86. The standard InChI is InChI=1S/C19H33N3O4.HI/c1-14(2)7-9-26-10-8-21-19(20-3)22-13-16-17(24-5)11-15(23-4)12-18(16)25-6;/h11-12,14H,7-10,13H2,1-6H3,(H2,20,21,22);1H. The summed E-state index contributed by atoms with van der Waals surface area (Å²) in [5.74, 6) is 3.43. The van der Waals surface area contributed by atoms with Gasteiger partial charge in [-0.1, -0.05) is 13.8 Å². The van der Waals surface area contributed by atoms with Gasteiger partial charge >= 0.3 is 0 Å². The molecule has 27 heavy (non-hydrogen) atoms. The van der Waals surface area contributed by atoms with Crippen LogP contribution in [0.5, 0.6) is 17.2 Å². The predicted molar refractivity (Wildman–Crippen MR) is 120 cm³/mol. The molecule has 8 heteroatoms. The Morgan fingerprint density at radius 2 is 1.63 bits per heavy atom. The number of hydrogen-bond donors (Lipinski definition) is 2. The molecule has 7 nitrogen and oxygen atoms in total. The number of aliphatic imine (C=N–C) groups is 1. The van der Waals surface area contributed by atoms with Crippen LogP contribution < -0.4 is 24.8 Å². The van der Waals surface area contributed by atoms with E-state index in [2.05, 4.69) is 29.5 Å². The highest BCUT2D eigenvalue weighted by molar-refractivity contribution is 14.0. The van der Waals surface area contributed by atoms with Gasteiger partial charge in [-0.2, -0.15) is 0 Å². The van der Waals surface area contributed by atoms with Gasteiger partial charge in [-0.05, 0) is 12.3 Å². The maximum absolute atomic E-state index is 5.60. The molecule has 2 N–H and O–H groups in total. The van der Waals surface area contributed by atoms with Gasteiger partial charge < -0.3 is 29.6 Å². The zero-order chi connectivity index (χ0) is 19.4. The van der Waals surface area contributed by atoms with E-state index in [1.807, 2.05) is 12.1 Å². The van der Waals surface area contributed by atoms with Crippen LogP contribution in [0.15, 0.2) is 17.1 Å². The molecule has 1 rings (SSSR count). The molecule has 0 radical (unpaired) electrons. The lowest BCUT2D eigenvalue weighted by atomic mass is 10.1. The molecule has 0 aliphatic carbocycles. The Morgan fingerprint density at radius 1 is 1.00 bits per heavy atom. The molecule has 1 aromatic carbocycles. The molecule has 0 fully saturated rings. The van der Waals surface area contributed by atoms with Crippen molar-refractivity contribution in [2.75, 3.05) is 48.1 Å². The van der Waals surface area contributed by atoms with Gasteiger partial charge in [-0.15, -0.1) is 24.0 Å². The highest BCUT2D eigenvalue weighted by atomic mass is 127. The van der Waals surface area contributed by atoms with Crippen LogP contribution in [0.1, 0.15) is 25.8 Å². The quantitative estimate of drug-likeness (QED) is 0.213. The van der Waals surface area contributed by atoms with Gasteiger partial charge in [0.25, 0.3) is 0 Å². The van der Waals surface area contributed by atoms with Crippen molar-refractivity contribution in [3.63, 3.8) is 0 Å². The normalized spacial score (nSPS) is 11.0. The fraction of sp³-hybridized carbons (Fsp3) is 0.632. The summed E-state index contributed by atoms with van der Waals surface area (Å²) in [5.41, 5.74) is 0.895. The number of rotatable bonds is 11. The van der Waals surface area contributed by atoms with Gasteiger partial charge in [0.1, 0.15) is 17.2 Å². The first-order chi connectivity index (χ1) is 12.5. The van der Waals surface area contributed by atoms with E-state index in [-0.39, 0.29) is 24.0 Å². The van der Waals surface area contributed by atoms with E-state index in [1.165, 1.54) is 0 Å². The number of nitrogens with one attached hydrogen (secondary N) is 2. The fourth-order valence-corrected chi connectivity index (χ4v) is 2.31. The summed E-state index contributed by atoms with van der Waals surface area (Å²) in [7, 11) is 6.59. The minimum atomic E-state index is 0. The molecule has 0 amide bonds. The monoisotopic (exact) mass is 495 g/mol. The van der Waals surface area contributed by atoms with E-state index in [9.17, 15) is 0 Å². The number of halogens is 1. The van der Waals surface area contributed by atoms with Crippen LogP contribution >= 0.6 is 24.0 Å². The van der Waals surface area contributed by atoms with Crippen molar-refractivity contribution in [1.82, 2.24) is 10.6 Å². The molecule has 0 aliphatic heterocycles. The van der Waals surface area contributed by atoms with Gasteiger partial charge in [0, 0.05) is 32.3 Å². The maximum Gasteiger partial charge on any atom is 0.191 e. The summed E-state index contributed by atoms with van der Waals surface area (Å²) < 4.78 is 21.8. The molecule has 0 heterocycles. The lowest BCUT2D eigenvalue weighted by Crippen LogP contribution is -2.38. The number of benzene rings is 1. The third-order valence-corrected chi connectivity index (χ3v) is 3.85. The van der Waals surface area contributed by atoms with Crippen LogP contribution in [0.3, 0.4) is 0 Å². The summed E-state index contributed by atoms with van der Waals surface area (Å²) in [6, 6.07) is 3.66. The third-order valence-electron chi connectivity index (χ3n) is 3.85. The summed E-state index contributed by atoms with van der Waals surface area (Å²) in [6.45, 7) is 7.00. The highest BCUT2D eigenvalue weighted by Gasteiger charge is 2.13. The van der Waals surface area contributed by atoms with Crippen molar-refractivity contribution < 1.29 is 18.9 Å². The fourth-order valence-electron chi connectivity index (χ4n) is 2.31. The van der Waals surface area contributed by atoms with Crippen molar-refractivity contribution in [3.8, 4) is 17.2 Å². The van der Waals surface area contributed by atoms with Crippen LogP contribution in [0.2, 0.25) is 0 Å². The average molecular weight is 495 g/mol. The second-order valence-electron chi connectivity index (χ2n) is 6.16. The minimum Gasteiger partial charge on any atom is -0.496 e. The molecule has 0 spiro atoms. The van der Waals surface area contributed by atoms with Crippen molar-refractivity contribution in [2.45, 2.75) is 26.8 Å². The molecule has 0 saturated heterocycles. The second kappa shape index (κ2) is 14.6. The van der Waals surface area contributed by atoms with Gasteiger partial charge in [-0.3, -0.25) is 4.99 Å². The van der Waals surface area contributed by atoms with Gasteiger partial charge in [0.2, 0.25) is 0 Å².